The van der Waals surface area contributed by atoms with Crippen molar-refractivity contribution in [1.82, 2.24) is 24.8 Å². The van der Waals surface area contributed by atoms with Crippen molar-refractivity contribution in [2.45, 2.75) is 25.2 Å². The number of likely N-dealkylation sites (tertiary alicyclic amines) is 1. The van der Waals surface area contributed by atoms with Crippen LogP contribution in [0.3, 0.4) is 0 Å². The molecule has 0 saturated carbocycles. The number of amides is 1. The number of hydrogen-bond acceptors (Lipinski definition) is 5. The highest BCUT2D eigenvalue weighted by atomic mass is 16.2. The Labute approximate surface area is 182 Å². The normalized spacial score (nSPS) is 21.7. The van der Waals surface area contributed by atoms with E-state index in [1.54, 1.807) is 0 Å². The van der Waals surface area contributed by atoms with Crippen molar-refractivity contribution >= 4 is 17.4 Å². The van der Waals surface area contributed by atoms with Crippen LogP contribution in [-0.4, -0.2) is 64.7 Å². The molecule has 1 N–H and O–H groups in total. The van der Waals surface area contributed by atoms with E-state index in [2.05, 4.69) is 50.5 Å². The molecule has 2 saturated heterocycles. The topological polar surface area (TPSA) is 65.8 Å². The monoisotopic (exact) mass is 416 g/mol. The summed E-state index contributed by atoms with van der Waals surface area (Å²) in [5.41, 5.74) is 4.71. The van der Waals surface area contributed by atoms with Crippen molar-refractivity contribution in [1.29, 1.82) is 0 Å². The van der Waals surface area contributed by atoms with Gasteiger partial charge in [-0.2, -0.15) is 9.61 Å². The zero-order valence-electron chi connectivity index (χ0n) is 17.7. The van der Waals surface area contributed by atoms with Gasteiger partial charge in [0, 0.05) is 56.7 Å². The summed E-state index contributed by atoms with van der Waals surface area (Å²) in [6.45, 7) is 5.17. The van der Waals surface area contributed by atoms with Crippen LogP contribution in [0.4, 0.5) is 5.82 Å². The van der Waals surface area contributed by atoms with Crippen LogP contribution in [0.5, 0.6) is 0 Å². The van der Waals surface area contributed by atoms with Crippen LogP contribution in [0.1, 0.15) is 29.2 Å². The molecule has 160 valence electrons. The van der Waals surface area contributed by atoms with E-state index < -0.39 is 0 Å². The van der Waals surface area contributed by atoms with E-state index in [1.165, 1.54) is 16.8 Å². The van der Waals surface area contributed by atoms with Crippen LogP contribution < -0.4 is 10.2 Å². The summed E-state index contributed by atoms with van der Waals surface area (Å²) in [7, 11) is 0. The zero-order valence-corrected chi connectivity index (χ0v) is 17.7. The lowest BCUT2D eigenvalue weighted by Crippen LogP contribution is -2.55. The number of anilines is 1. The molecule has 7 nitrogen and oxygen atoms in total. The van der Waals surface area contributed by atoms with E-state index in [4.69, 9.17) is 4.98 Å². The van der Waals surface area contributed by atoms with E-state index in [0.717, 1.165) is 70.0 Å². The number of aromatic nitrogens is 3. The average Bonchev–Trinajstić information content (AvgIpc) is 3.38. The Morgan fingerprint density at radius 2 is 1.87 bits per heavy atom. The molecular formula is C24H28N6O. The predicted molar refractivity (Wildman–Crippen MR) is 119 cm³/mol. The Morgan fingerprint density at radius 3 is 2.74 bits per heavy atom. The lowest BCUT2D eigenvalue weighted by Gasteiger charge is -2.42. The van der Waals surface area contributed by atoms with Crippen LogP contribution in [0, 0.1) is 5.92 Å². The maximum Gasteiger partial charge on any atom is 0.229 e. The van der Waals surface area contributed by atoms with Crippen molar-refractivity contribution in [3.05, 3.63) is 59.4 Å². The van der Waals surface area contributed by atoms with Gasteiger partial charge in [-0.3, -0.25) is 4.79 Å². The second-order valence-corrected chi connectivity index (χ2v) is 8.99. The number of nitrogens with zero attached hydrogens (tertiary/aromatic N) is 5. The van der Waals surface area contributed by atoms with Crippen molar-refractivity contribution < 1.29 is 4.79 Å². The summed E-state index contributed by atoms with van der Waals surface area (Å²) in [6.07, 6.45) is 4.77. The fraction of sp³-hybridized carbons (Fsp3) is 0.458. The van der Waals surface area contributed by atoms with Gasteiger partial charge in [-0.15, -0.1) is 0 Å². The van der Waals surface area contributed by atoms with Crippen molar-refractivity contribution in [3.63, 3.8) is 0 Å². The van der Waals surface area contributed by atoms with E-state index >= 15 is 0 Å². The second-order valence-electron chi connectivity index (χ2n) is 8.99. The van der Waals surface area contributed by atoms with Gasteiger partial charge in [0.1, 0.15) is 5.82 Å². The second kappa shape index (κ2) is 7.64. The summed E-state index contributed by atoms with van der Waals surface area (Å²) < 4.78 is 1.96. The maximum atomic E-state index is 13.2. The van der Waals surface area contributed by atoms with Crippen LogP contribution in [0.2, 0.25) is 0 Å². The first-order valence-corrected chi connectivity index (χ1v) is 11.4. The Morgan fingerprint density at radius 1 is 1.03 bits per heavy atom. The molecule has 3 aliphatic rings. The SMILES string of the molecule is O=C(C1CN(c2c3c(nc4ccnn24)CCNCC3)C1)N1CC[C@@H](c2ccccc2)C1. The van der Waals surface area contributed by atoms with Gasteiger partial charge in [0.05, 0.1) is 17.8 Å². The first-order valence-electron chi connectivity index (χ1n) is 11.4. The fourth-order valence-electron chi connectivity index (χ4n) is 5.36. The van der Waals surface area contributed by atoms with Crippen LogP contribution >= 0.6 is 0 Å². The van der Waals surface area contributed by atoms with Gasteiger partial charge in [0.2, 0.25) is 5.91 Å². The average molecular weight is 417 g/mol. The molecule has 1 aromatic carbocycles. The van der Waals surface area contributed by atoms with Gasteiger partial charge in [-0.1, -0.05) is 30.3 Å². The molecule has 0 unspecified atom stereocenters. The fourth-order valence-corrected chi connectivity index (χ4v) is 5.36. The smallest absolute Gasteiger partial charge is 0.229 e. The predicted octanol–water partition coefficient (Wildman–Crippen LogP) is 1.87. The van der Waals surface area contributed by atoms with Crippen molar-refractivity contribution in [2.75, 3.05) is 44.2 Å². The number of benzene rings is 1. The molecule has 0 aliphatic carbocycles. The first kappa shape index (κ1) is 18.8. The lowest BCUT2D eigenvalue weighted by molar-refractivity contribution is -0.135. The third-order valence-electron chi connectivity index (χ3n) is 7.08. The maximum absolute atomic E-state index is 13.2. The molecule has 1 amide bonds. The third-order valence-corrected chi connectivity index (χ3v) is 7.08. The Kier molecular flexibility index (Phi) is 4.64. The number of nitrogens with one attached hydrogen (secondary N) is 1. The van der Waals surface area contributed by atoms with Gasteiger partial charge in [0.25, 0.3) is 0 Å². The minimum atomic E-state index is 0.0767. The molecule has 0 radical (unpaired) electrons. The van der Waals surface area contributed by atoms with E-state index in [0.29, 0.717) is 11.8 Å². The molecule has 7 heteroatoms. The summed E-state index contributed by atoms with van der Waals surface area (Å²) >= 11 is 0. The van der Waals surface area contributed by atoms with Gasteiger partial charge in [-0.05, 0) is 24.9 Å². The highest BCUT2D eigenvalue weighted by molar-refractivity contribution is 5.82. The van der Waals surface area contributed by atoms with Gasteiger partial charge >= 0.3 is 0 Å². The van der Waals surface area contributed by atoms with Crippen molar-refractivity contribution in [3.8, 4) is 0 Å². The first-order chi connectivity index (χ1) is 15.3. The van der Waals surface area contributed by atoms with Gasteiger partial charge < -0.3 is 15.1 Å². The summed E-state index contributed by atoms with van der Waals surface area (Å²) in [5, 5.41) is 8.02. The molecule has 31 heavy (non-hydrogen) atoms. The third kappa shape index (κ3) is 3.28. The molecule has 2 fully saturated rings. The largest absolute Gasteiger partial charge is 0.354 e. The summed E-state index contributed by atoms with van der Waals surface area (Å²) in [6, 6.07) is 12.6. The number of carbonyl (C=O) groups excluding carboxylic acids is 1. The highest BCUT2D eigenvalue weighted by Crippen LogP contribution is 2.34. The molecule has 3 aliphatic heterocycles. The Hall–Kier alpha value is -2.93. The molecule has 3 aromatic rings. The molecule has 1 atom stereocenters. The van der Waals surface area contributed by atoms with Crippen LogP contribution in [0.15, 0.2) is 42.6 Å². The van der Waals surface area contributed by atoms with Gasteiger partial charge in [-0.25, -0.2) is 4.98 Å². The standard InChI is InChI=1S/C24H28N6O/c31-24(28-13-9-18(14-28)17-4-2-1-3-5-17)19-15-29(16-19)23-20-6-10-25-11-7-21(20)27-22-8-12-26-30(22)23/h1-5,8,12,18-19,25H,6-7,9-11,13-16H2/t18-/m1/s1. The summed E-state index contributed by atoms with van der Waals surface area (Å²) in [4.78, 5) is 22.5. The van der Waals surface area contributed by atoms with E-state index in [-0.39, 0.29) is 5.92 Å². The molecule has 0 spiro atoms. The quantitative estimate of drug-likeness (QED) is 0.706. The number of hydrogen-bond donors (Lipinski definition) is 1. The number of rotatable bonds is 3. The van der Waals surface area contributed by atoms with Crippen LogP contribution in [-0.2, 0) is 17.6 Å². The van der Waals surface area contributed by atoms with Gasteiger partial charge in [0.15, 0.2) is 5.65 Å². The minimum absolute atomic E-state index is 0.0767. The van der Waals surface area contributed by atoms with Crippen LogP contribution in [0.25, 0.3) is 5.65 Å². The van der Waals surface area contributed by atoms with Crippen molar-refractivity contribution in [2.24, 2.45) is 5.92 Å². The molecule has 0 bridgehead atoms. The number of fused-ring (bicyclic) bond motifs is 2. The minimum Gasteiger partial charge on any atom is -0.354 e. The van der Waals surface area contributed by atoms with E-state index in [9.17, 15) is 4.79 Å². The molecule has 5 heterocycles. The molecule has 2 aromatic heterocycles. The molecule has 6 rings (SSSR count). The summed E-state index contributed by atoms with van der Waals surface area (Å²) in [5.74, 6) is 2.00. The Balaban J connectivity index is 1.18. The van der Waals surface area contributed by atoms with E-state index in [1.807, 2.05) is 16.8 Å². The Bertz CT molecular complexity index is 1100. The highest BCUT2D eigenvalue weighted by Gasteiger charge is 2.40. The lowest BCUT2D eigenvalue weighted by atomic mass is 9.96. The number of carbonyl (C=O) groups is 1. The zero-order chi connectivity index (χ0) is 20.8. The molecular weight excluding hydrogens is 388 g/mol.